The normalized spacial score (nSPS) is 9.00. The molecule has 0 amide bonds. The average molecular weight is 170 g/mol. The van der Waals surface area contributed by atoms with E-state index in [1.807, 2.05) is 30.3 Å². The number of hydrogen-bond acceptors (Lipinski definition) is 2. The minimum absolute atomic E-state index is 0. The van der Waals surface area contributed by atoms with Gasteiger partial charge >= 0.3 is 29.6 Å². The summed E-state index contributed by atoms with van der Waals surface area (Å²) in [6, 6.07) is 9.83. The van der Waals surface area contributed by atoms with Gasteiger partial charge in [0.1, 0.15) is 10.8 Å². The van der Waals surface area contributed by atoms with E-state index in [0.717, 1.165) is 5.69 Å². The summed E-state index contributed by atoms with van der Waals surface area (Å²) >= 11 is 0. The number of tetrazole rings is 1. The van der Waals surface area contributed by atoms with Gasteiger partial charge in [0, 0.05) is 0 Å². The van der Waals surface area contributed by atoms with Crippen LogP contribution in [0.2, 0.25) is 0 Å². The number of para-hydroxylation sites is 1. The Morgan fingerprint density at radius 1 is 1.17 bits per heavy atom. The van der Waals surface area contributed by atoms with Gasteiger partial charge in [-0.05, 0) is 12.1 Å². The predicted octanol–water partition coefficient (Wildman–Crippen LogP) is -2.91. The first-order chi connectivity index (χ1) is 5.47. The van der Waals surface area contributed by atoms with Crippen LogP contribution in [0.25, 0.3) is 5.69 Å². The van der Waals surface area contributed by atoms with Crippen molar-refractivity contribution in [1.29, 1.82) is 0 Å². The van der Waals surface area contributed by atoms with Gasteiger partial charge in [-0.3, -0.25) is 0 Å². The maximum atomic E-state index is 3.66. The largest absolute Gasteiger partial charge is 1.00 e. The summed E-state index contributed by atoms with van der Waals surface area (Å²) in [7, 11) is 0. The van der Waals surface area contributed by atoms with Gasteiger partial charge in [0.05, 0.1) is 0 Å². The first-order valence-electron chi connectivity index (χ1n) is 3.30. The molecule has 0 fully saturated rings. The zero-order valence-electron chi connectivity index (χ0n) is 6.81. The van der Waals surface area contributed by atoms with Gasteiger partial charge in [0.15, 0.2) is 5.21 Å². The van der Waals surface area contributed by atoms with Crippen molar-refractivity contribution >= 4 is 0 Å². The van der Waals surface area contributed by atoms with Gasteiger partial charge in [-0.15, -0.1) is 4.68 Å². The van der Waals surface area contributed by atoms with E-state index >= 15 is 0 Å². The summed E-state index contributed by atoms with van der Waals surface area (Å²) in [5.41, 5.74) is 1.03. The number of nitrogens with zero attached hydrogens (tertiary/aromatic N) is 3. The van der Waals surface area contributed by atoms with Crippen molar-refractivity contribution in [2.24, 2.45) is 0 Å². The molecule has 0 aliphatic rings. The number of hydrogen-bond donors (Lipinski definition) is 1. The molecule has 0 unspecified atom stereocenters. The number of aromatic amines is 1. The first kappa shape index (κ1) is 9.38. The average Bonchev–Trinajstić information content (AvgIpc) is 2.58. The molecule has 1 aromatic carbocycles. The summed E-state index contributed by atoms with van der Waals surface area (Å²) < 4.78 is 1.74. The van der Waals surface area contributed by atoms with E-state index in [2.05, 4.69) is 15.5 Å². The first-order valence-corrected chi connectivity index (χ1v) is 3.30. The van der Waals surface area contributed by atoms with Crippen molar-refractivity contribution in [1.82, 2.24) is 15.5 Å². The van der Waals surface area contributed by atoms with Crippen LogP contribution in [0, 0.1) is 0 Å². The van der Waals surface area contributed by atoms with Gasteiger partial charge in [0.25, 0.3) is 6.33 Å². The molecule has 54 valence electrons. The molecule has 0 spiro atoms. The van der Waals surface area contributed by atoms with Crippen molar-refractivity contribution < 1.29 is 34.2 Å². The Morgan fingerprint density at radius 3 is 2.50 bits per heavy atom. The molecule has 12 heavy (non-hydrogen) atoms. The Hall–Kier alpha value is -0.710. The maximum Gasteiger partial charge on any atom is 1.00 e. The van der Waals surface area contributed by atoms with Gasteiger partial charge in [-0.2, -0.15) is 0 Å². The zero-order chi connectivity index (χ0) is 7.52. The summed E-state index contributed by atoms with van der Waals surface area (Å²) in [4.78, 5) is 0. The molecular formula is C7H7N4Na+2. The van der Waals surface area contributed by atoms with Gasteiger partial charge in [0.2, 0.25) is 0 Å². The van der Waals surface area contributed by atoms with Crippen LogP contribution >= 0.6 is 0 Å². The topological polar surface area (TPSA) is 45.5 Å². The molecule has 2 rings (SSSR count). The van der Waals surface area contributed by atoms with E-state index in [1.165, 1.54) is 0 Å². The molecule has 0 radical (unpaired) electrons. The molecule has 1 heterocycles. The van der Waals surface area contributed by atoms with Crippen molar-refractivity contribution in [3.05, 3.63) is 36.7 Å². The van der Waals surface area contributed by atoms with E-state index < -0.39 is 0 Å². The second-order valence-corrected chi connectivity index (χ2v) is 2.14. The minimum Gasteiger partial charge on any atom is -0.130 e. The fourth-order valence-corrected chi connectivity index (χ4v) is 0.890. The number of H-pyrrole nitrogens is 1. The Morgan fingerprint density at radius 2 is 1.92 bits per heavy atom. The van der Waals surface area contributed by atoms with E-state index in [9.17, 15) is 0 Å². The van der Waals surface area contributed by atoms with Crippen LogP contribution in [-0.2, 0) is 0 Å². The Bertz CT molecular complexity index is 318. The van der Waals surface area contributed by atoms with E-state index in [0.29, 0.717) is 0 Å². The van der Waals surface area contributed by atoms with Crippen molar-refractivity contribution in [3.63, 3.8) is 0 Å². The third kappa shape index (κ3) is 1.91. The second kappa shape index (κ2) is 4.35. The number of benzene rings is 1. The van der Waals surface area contributed by atoms with E-state index in [-0.39, 0.29) is 29.6 Å². The third-order valence-electron chi connectivity index (χ3n) is 1.41. The van der Waals surface area contributed by atoms with Crippen molar-refractivity contribution in [3.8, 4) is 5.69 Å². The predicted molar refractivity (Wildman–Crippen MR) is 37.9 cm³/mol. The summed E-state index contributed by atoms with van der Waals surface area (Å²) in [5.74, 6) is 0. The summed E-state index contributed by atoms with van der Waals surface area (Å²) in [5, 5.41) is 9.95. The smallest absolute Gasteiger partial charge is 0.130 e. The molecule has 1 aromatic heterocycles. The van der Waals surface area contributed by atoms with Gasteiger partial charge in [-0.1, -0.05) is 23.4 Å². The van der Waals surface area contributed by atoms with E-state index in [1.54, 1.807) is 11.0 Å². The third-order valence-corrected chi connectivity index (χ3v) is 1.41. The van der Waals surface area contributed by atoms with Crippen LogP contribution in [0.5, 0.6) is 0 Å². The molecule has 0 atom stereocenters. The van der Waals surface area contributed by atoms with Crippen LogP contribution in [0.1, 0.15) is 0 Å². The molecule has 0 aliphatic carbocycles. The molecular weight excluding hydrogens is 163 g/mol. The molecule has 0 saturated heterocycles. The summed E-state index contributed by atoms with van der Waals surface area (Å²) in [6.07, 6.45) is 1.62. The number of rotatable bonds is 1. The second-order valence-electron chi connectivity index (χ2n) is 2.14. The molecule has 0 aliphatic heterocycles. The Kier molecular flexibility index (Phi) is 3.40. The fourth-order valence-electron chi connectivity index (χ4n) is 0.890. The maximum absolute atomic E-state index is 3.66. The van der Waals surface area contributed by atoms with Crippen molar-refractivity contribution in [2.75, 3.05) is 0 Å². The Labute approximate surface area is 91.9 Å². The molecule has 5 heteroatoms. The molecule has 0 bridgehead atoms. The van der Waals surface area contributed by atoms with Gasteiger partial charge < -0.3 is 0 Å². The quantitative estimate of drug-likeness (QED) is 0.368. The van der Waals surface area contributed by atoms with Crippen LogP contribution in [0.3, 0.4) is 0 Å². The van der Waals surface area contributed by atoms with Gasteiger partial charge in [-0.25, -0.2) is 0 Å². The molecule has 4 nitrogen and oxygen atoms in total. The van der Waals surface area contributed by atoms with Crippen LogP contribution in [0.4, 0.5) is 0 Å². The summed E-state index contributed by atoms with van der Waals surface area (Å²) in [6.45, 7) is 0. The standard InChI is InChI=1S/C7H6N4.Na/c1-2-4-7(5-3-1)11-6-8-9-10-11;/h1-6H;/q;+1/p+1. The Balaban J connectivity index is 0.000000720. The molecule has 2 aromatic rings. The monoisotopic (exact) mass is 170 g/mol. The van der Waals surface area contributed by atoms with Crippen LogP contribution < -0.4 is 34.2 Å². The zero-order valence-corrected chi connectivity index (χ0v) is 8.81. The van der Waals surface area contributed by atoms with Crippen molar-refractivity contribution in [2.45, 2.75) is 0 Å². The van der Waals surface area contributed by atoms with E-state index in [4.69, 9.17) is 0 Å². The van der Waals surface area contributed by atoms with Crippen LogP contribution in [-0.4, -0.2) is 15.5 Å². The molecule has 0 saturated carbocycles. The molecule has 1 N–H and O–H groups in total. The fraction of sp³-hybridized carbons (Fsp3) is 0. The SMILES string of the molecule is [Na+].c1ccc(-[n+]2cnn[nH]2)cc1. The van der Waals surface area contributed by atoms with Crippen LogP contribution in [0.15, 0.2) is 36.7 Å². The number of aromatic nitrogens is 4. The number of nitrogens with one attached hydrogen (secondary N) is 1. The minimum atomic E-state index is 0.